The lowest BCUT2D eigenvalue weighted by atomic mass is 9.97. The van der Waals surface area contributed by atoms with Gasteiger partial charge in [0.05, 0.1) is 6.26 Å². The van der Waals surface area contributed by atoms with Gasteiger partial charge >= 0.3 is 0 Å². The van der Waals surface area contributed by atoms with Crippen LogP contribution in [0.15, 0.2) is 44.0 Å². The van der Waals surface area contributed by atoms with Crippen molar-refractivity contribution in [2.75, 3.05) is 13.1 Å². The second kappa shape index (κ2) is 6.52. The van der Waals surface area contributed by atoms with Crippen LogP contribution in [0.1, 0.15) is 34.3 Å². The van der Waals surface area contributed by atoms with Crippen molar-refractivity contribution < 1.29 is 13.6 Å². The molecule has 24 heavy (non-hydrogen) atoms. The minimum Gasteiger partial charge on any atom is -0.462 e. The maximum Gasteiger partial charge on any atom is 0.289 e. The number of likely N-dealkylation sites (tertiary alicyclic amines) is 1. The molecule has 4 rings (SSSR count). The first kappa shape index (κ1) is 15.6. The predicted molar refractivity (Wildman–Crippen MR) is 91.9 cm³/mol. The van der Waals surface area contributed by atoms with E-state index >= 15 is 0 Å². The highest BCUT2D eigenvalue weighted by molar-refractivity contribution is 9.10. The number of nitrogens with zero attached hydrogens (tertiary/aromatic N) is 3. The van der Waals surface area contributed by atoms with Gasteiger partial charge in [0.25, 0.3) is 5.91 Å². The first-order valence-corrected chi connectivity index (χ1v) is 9.23. The third-order valence-electron chi connectivity index (χ3n) is 4.09. The number of amides is 1. The highest BCUT2D eigenvalue weighted by Gasteiger charge is 2.28. The van der Waals surface area contributed by atoms with Gasteiger partial charge in [0.2, 0.25) is 0 Å². The van der Waals surface area contributed by atoms with E-state index in [2.05, 4.69) is 26.1 Å². The van der Waals surface area contributed by atoms with Crippen LogP contribution in [-0.4, -0.2) is 34.1 Å². The number of carbonyl (C=O) groups excluding carboxylic acids is 1. The van der Waals surface area contributed by atoms with Gasteiger partial charge in [0.1, 0.15) is 5.01 Å². The van der Waals surface area contributed by atoms with Crippen LogP contribution in [0.25, 0.3) is 10.8 Å². The maximum atomic E-state index is 12.4. The van der Waals surface area contributed by atoms with Crippen molar-refractivity contribution in [2.45, 2.75) is 18.8 Å². The molecule has 3 aromatic rings. The Bertz CT molecular complexity index is 835. The van der Waals surface area contributed by atoms with Crippen LogP contribution in [0.2, 0.25) is 0 Å². The zero-order valence-electron chi connectivity index (χ0n) is 12.6. The number of aromatic nitrogens is 2. The Labute approximate surface area is 150 Å². The van der Waals surface area contributed by atoms with Crippen molar-refractivity contribution in [1.29, 1.82) is 0 Å². The summed E-state index contributed by atoms with van der Waals surface area (Å²) in [6, 6.07) is 7.15. The van der Waals surface area contributed by atoms with Crippen molar-refractivity contribution in [3.8, 4) is 10.8 Å². The van der Waals surface area contributed by atoms with Crippen LogP contribution in [0.4, 0.5) is 0 Å². The zero-order valence-corrected chi connectivity index (χ0v) is 15.0. The zero-order chi connectivity index (χ0) is 16.5. The van der Waals surface area contributed by atoms with E-state index in [1.165, 1.54) is 0 Å². The molecular formula is C16H14BrN3O3S. The quantitative estimate of drug-likeness (QED) is 0.651. The molecule has 1 saturated heterocycles. The van der Waals surface area contributed by atoms with E-state index < -0.39 is 0 Å². The Kier molecular flexibility index (Phi) is 4.24. The second-order valence-corrected chi connectivity index (χ2v) is 7.38. The summed E-state index contributed by atoms with van der Waals surface area (Å²) in [7, 11) is 0. The van der Waals surface area contributed by atoms with Crippen LogP contribution in [0.3, 0.4) is 0 Å². The summed E-state index contributed by atoms with van der Waals surface area (Å²) < 4.78 is 11.3. The molecule has 6 nitrogen and oxygen atoms in total. The van der Waals surface area contributed by atoms with Gasteiger partial charge in [-0.15, -0.1) is 10.2 Å². The number of halogens is 1. The van der Waals surface area contributed by atoms with Crippen molar-refractivity contribution in [1.82, 2.24) is 15.1 Å². The molecule has 4 heterocycles. The van der Waals surface area contributed by atoms with Gasteiger partial charge in [-0.1, -0.05) is 11.3 Å². The second-order valence-electron chi connectivity index (χ2n) is 5.59. The number of rotatable bonds is 3. The Balaban J connectivity index is 1.40. The molecule has 0 N–H and O–H groups in total. The third kappa shape index (κ3) is 3.03. The van der Waals surface area contributed by atoms with E-state index in [0.717, 1.165) is 28.6 Å². The van der Waals surface area contributed by atoms with Crippen molar-refractivity contribution >= 4 is 33.2 Å². The Morgan fingerprint density at radius 1 is 1.25 bits per heavy atom. The van der Waals surface area contributed by atoms with Crippen molar-refractivity contribution in [3.05, 3.63) is 46.0 Å². The molecule has 0 spiro atoms. The number of hydrogen-bond acceptors (Lipinski definition) is 6. The van der Waals surface area contributed by atoms with Gasteiger partial charge in [-0.25, -0.2) is 0 Å². The number of carbonyl (C=O) groups is 1. The maximum absolute atomic E-state index is 12.4. The molecule has 0 aliphatic carbocycles. The SMILES string of the molecule is O=C(c1ccc(Br)o1)N1CCC(c2nnc(-c3ccco3)s2)CC1. The number of piperidine rings is 1. The lowest BCUT2D eigenvalue weighted by molar-refractivity contribution is 0.0679. The Morgan fingerprint density at radius 3 is 2.75 bits per heavy atom. The fourth-order valence-corrected chi connectivity index (χ4v) is 4.10. The van der Waals surface area contributed by atoms with E-state index in [1.54, 1.807) is 29.7 Å². The van der Waals surface area contributed by atoms with E-state index in [-0.39, 0.29) is 5.91 Å². The van der Waals surface area contributed by atoms with Crippen LogP contribution in [-0.2, 0) is 0 Å². The first-order chi connectivity index (χ1) is 11.7. The number of furan rings is 2. The van der Waals surface area contributed by atoms with Gasteiger partial charge < -0.3 is 13.7 Å². The summed E-state index contributed by atoms with van der Waals surface area (Å²) >= 11 is 4.79. The van der Waals surface area contributed by atoms with Crippen LogP contribution < -0.4 is 0 Å². The molecule has 1 amide bonds. The summed E-state index contributed by atoms with van der Waals surface area (Å²) in [4.78, 5) is 14.2. The average Bonchev–Trinajstić information content (AvgIpc) is 3.35. The van der Waals surface area contributed by atoms with Crippen LogP contribution >= 0.6 is 27.3 Å². The topological polar surface area (TPSA) is 72.4 Å². The summed E-state index contributed by atoms with van der Waals surface area (Å²) in [6.45, 7) is 1.38. The van der Waals surface area contributed by atoms with Gasteiger partial charge in [0.15, 0.2) is 21.2 Å². The predicted octanol–water partition coefficient (Wildman–Crippen LogP) is 4.17. The lowest BCUT2D eigenvalue weighted by Gasteiger charge is -2.30. The molecule has 0 aromatic carbocycles. The molecule has 0 saturated carbocycles. The Hall–Kier alpha value is -1.93. The van der Waals surface area contributed by atoms with E-state index in [0.29, 0.717) is 29.4 Å². The van der Waals surface area contributed by atoms with Crippen LogP contribution in [0.5, 0.6) is 0 Å². The van der Waals surface area contributed by atoms with E-state index in [4.69, 9.17) is 8.83 Å². The molecule has 3 aromatic heterocycles. The van der Waals surface area contributed by atoms with Crippen molar-refractivity contribution in [3.63, 3.8) is 0 Å². The third-order valence-corrected chi connectivity index (χ3v) is 5.61. The smallest absolute Gasteiger partial charge is 0.289 e. The average molecular weight is 408 g/mol. The van der Waals surface area contributed by atoms with Gasteiger partial charge in [-0.3, -0.25) is 4.79 Å². The molecule has 1 aliphatic heterocycles. The fraction of sp³-hybridized carbons (Fsp3) is 0.312. The standard InChI is InChI=1S/C16H14BrN3O3S/c17-13-4-3-12(23-13)16(21)20-7-5-10(6-8-20)14-18-19-15(24-14)11-2-1-9-22-11/h1-4,9-10H,5-8H2. The van der Waals surface area contributed by atoms with Crippen LogP contribution in [0, 0.1) is 0 Å². The van der Waals surface area contributed by atoms with E-state index in [9.17, 15) is 4.79 Å². The van der Waals surface area contributed by atoms with Gasteiger partial charge in [-0.05, 0) is 53.0 Å². The highest BCUT2D eigenvalue weighted by Crippen LogP contribution is 2.34. The minimum absolute atomic E-state index is 0.0623. The molecule has 8 heteroatoms. The molecule has 0 atom stereocenters. The minimum atomic E-state index is -0.0623. The molecule has 124 valence electrons. The monoisotopic (exact) mass is 407 g/mol. The van der Waals surface area contributed by atoms with Crippen molar-refractivity contribution in [2.24, 2.45) is 0 Å². The molecular weight excluding hydrogens is 394 g/mol. The Morgan fingerprint density at radius 2 is 2.08 bits per heavy atom. The molecule has 1 fully saturated rings. The first-order valence-electron chi connectivity index (χ1n) is 7.62. The summed E-state index contributed by atoms with van der Waals surface area (Å²) in [5, 5.41) is 10.3. The molecule has 0 bridgehead atoms. The number of hydrogen-bond donors (Lipinski definition) is 0. The van der Waals surface area contributed by atoms with E-state index in [1.807, 2.05) is 17.0 Å². The normalized spacial score (nSPS) is 15.8. The molecule has 0 radical (unpaired) electrons. The van der Waals surface area contributed by atoms with Gasteiger partial charge in [0, 0.05) is 19.0 Å². The summed E-state index contributed by atoms with van der Waals surface area (Å²) in [5.41, 5.74) is 0. The van der Waals surface area contributed by atoms with Gasteiger partial charge in [-0.2, -0.15) is 0 Å². The molecule has 1 aliphatic rings. The lowest BCUT2D eigenvalue weighted by Crippen LogP contribution is -2.37. The summed E-state index contributed by atoms with van der Waals surface area (Å²) in [6.07, 6.45) is 3.38. The molecule has 0 unspecified atom stereocenters. The summed E-state index contributed by atoms with van der Waals surface area (Å²) in [5.74, 6) is 1.39. The highest BCUT2D eigenvalue weighted by atomic mass is 79.9. The largest absolute Gasteiger partial charge is 0.462 e. The fourth-order valence-electron chi connectivity index (χ4n) is 2.81.